The van der Waals surface area contributed by atoms with E-state index in [1.165, 1.54) is 6.07 Å². The molecule has 0 spiro atoms. The molecule has 0 aliphatic carbocycles. The maximum atomic E-state index is 14.0. The molecule has 0 saturated carbocycles. The zero-order valence-electron chi connectivity index (χ0n) is 15.4. The quantitative estimate of drug-likeness (QED) is 0.710. The molecule has 5 nitrogen and oxygen atoms in total. The number of rotatable bonds is 4. The van der Waals surface area contributed by atoms with Gasteiger partial charge >= 0.3 is 0 Å². The van der Waals surface area contributed by atoms with Gasteiger partial charge in [-0.05, 0) is 24.6 Å². The average Bonchev–Trinajstić information content (AvgIpc) is 3.13. The van der Waals surface area contributed by atoms with Crippen molar-refractivity contribution in [2.45, 2.75) is 19.4 Å². The van der Waals surface area contributed by atoms with Gasteiger partial charge < -0.3 is 9.80 Å². The van der Waals surface area contributed by atoms with Crippen LogP contribution in [0.1, 0.15) is 19.4 Å². The van der Waals surface area contributed by atoms with E-state index in [0.717, 1.165) is 10.9 Å². The van der Waals surface area contributed by atoms with E-state index in [4.69, 9.17) is 0 Å². The highest BCUT2D eigenvalue weighted by Gasteiger charge is 2.29. The summed E-state index contributed by atoms with van der Waals surface area (Å²) < 4.78 is 15.8. The van der Waals surface area contributed by atoms with Crippen molar-refractivity contribution in [1.29, 1.82) is 0 Å². The molecule has 1 aliphatic heterocycles. The molecular formula is C21H23FN4O. The molecule has 6 heteroatoms. The lowest BCUT2D eigenvalue weighted by Crippen LogP contribution is -2.50. The summed E-state index contributed by atoms with van der Waals surface area (Å²) in [4.78, 5) is 17.0. The number of hydrogen-bond donors (Lipinski definition) is 0. The number of carbonyl (C=O) groups is 1. The van der Waals surface area contributed by atoms with E-state index in [2.05, 4.69) is 5.10 Å². The standard InChI is InChI=1S/C21H23FN4O/c1-2-18(26-19-9-5-3-7-16(19)15-23-26)21(27)25-13-11-24(12-14-25)20-10-6-4-8-17(20)22/h3-10,15,18H,2,11-14H2,1H3. The zero-order valence-corrected chi connectivity index (χ0v) is 15.4. The topological polar surface area (TPSA) is 41.4 Å². The van der Waals surface area contributed by atoms with Crippen LogP contribution in [0.25, 0.3) is 10.9 Å². The molecule has 0 N–H and O–H groups in total. The molecule has 1 amide bonds. The minimum atomic E-state index is -0.315. The SMILES string of the molecule is CCC(C(=O)N1CCN(c2ccccc2F)CC1)n1ncc2ccccc21. The van der Waals surface area contributed by atoms with E-state index in [9.17, 15) is 9.18 Å². The number of amides is 1. The average molecular weight is 366 g/mol. The van der Waals surface area contributed by atoms with Crippen LogP contribution in [0.5, 0.6) is 0 Å². The van der Waals surface area contributed by atoms with E-state index in [-0.39, 0.29) is 17.8 Å². The predicted octanol–water partition coefficient (Wildman–Crippen LogP) is 3.48. The van der Waals surface area contributed by atoms with Gasteiger partial charge in [-0.1, -0.05) is 37.3 Å². The molecule has 0 bridgehead atoms. The number of nitrogens with zero attached hydrogens (tertiary/aromatic N) is 4. The number of aromatic nitrogens is 2. The first kappa shape index (κ1) is 17.5. The summed E-state index contributed by atoms with van der Waals surface area (Å²) in [6.07, 6.45) is 2.49. The smallest absolute Gasteiger partial charge is 0.247 e. The van der Waals surface area contributed by atoms with Crippen LogP contribution in [-0.4, -0.2) is 46.8 Å². The van der Waals surface area contributed by atoms with Crippen molar-refractivity contribution in [3.8, 4) is 0 Å². The molecule has 2 heterocycles. The van der Waals surface area contributed by atoms with Gasteiger partial charge in [-0.3, -0.25) is 9.48 Å². The summed E-state index contributed by atoms with van der Waals surface area (Å²) in [7, 11) is 0. The minimum Gasteiger partial charge on any atom is -0.366 e. The fourth-order valence-corrected chi connectivity index (χ4v) is 3.78. The van der Waals surface area contributed by atoms with Crippen molar-refractivity contribution in [1.82, 2.24) is 14.7 Å². The second kappa shape index (κ2) is 7.39. The number of hydrogen-bond acceptors (Lipinski definition) is 3. The second-order valence-electron chi connectivity index (χ2n) is 6.84. The van der Waals surface area contributed by atoms with Crippen molar-refractivity contribution < 1.29 is 9.18 Å². The van der Waals surface area contributed by atoms with Gasteiger partial charge in [0.2, 0.25) is 5.91 Å². The Morgan fingerprint density at radius 1 is 1.07 bits per heavy atom. The highest BCUT2D eigenvalue weighted by molar-refractivity contribution is 5.85. The van der Waals surface area contributed by atoms with Crippen LogP contribution in [-0.2, 0) is 4.79 Å². The molecule has 1 atom stereocenters. The summed E-state index contributed by atoms with van der Waals surface area (Å²) in [5.74, 6) is -0.133. The summed E-state index contributed by atoms with van der Waals surface area (Å²) >= 11 is 0. The van der Waals surface area contributed by atoms with Crippen LogP contribution in [0.4, 0.5) is 10.1 Å². The summed E-state index contributed by atoms with van der Waals surface area (Å²) in [6, 6.07) is 14.4. The van der Waals surface area contributed by atoms with Gasteiger partial charge in [0.05, 0.1) is 17.4 Å². The molecule has 1 aliphatic rings. The highest BCUT2D eigenvalue weighted by atomic mass is 19.1. The fourth-order valence-electron chi connectivity index (χ4n) is 3.78. The first-order chi connectivity index (χ1) is 13.2. The van der Waals surface area contributed by atoms with Crippen molar-refractivity contribution in [3.63, 3.8) is 0 Å². The lowest BCUT2D eigenvalue weighted by atomic mass is 10.1. The van der Waals surface area contributed by atoms with Gasteiger partial charge in [0, 0.05) is 31.6 Å². The minimum absolute atomic E-state index is 0.0829. The number of halogens is 1. The Morgan fingerprint density at radius 3 is 2.52 bits per heavy atom. The van der Waals surface area contributed by atoms with Gasteiger partial charge in [0.25, 0.3) is 0 Å². The number of anilines is 1. The van der Waals surface area contributed by atoms with Gasteiger partial charge in [-0.25, -0.2) is 4.39 Å². The van der Waals surface area contributed by atoms with Crippen molar-refractivity contribution in [3.05, 3.63) is 60.5 Å². The first-order valence-corrected chi connectivity index (χ1v) is 9.39. The third-order valence-corrected chi connectivity index (χ3v) is 5.26. The van der Waals surface area contributed by atoms with Gasteiger partial charge in [-0.2, -0.15) is 5.10 Å². The Morgan fingerprint density at radius 2 is 1.78 bits per heavy atom. The van der Waals surface area contributed by atoms with E-state index in [1.807, 2.05) is 51.7 Å². The van der Waals surface area contributed by atoms with E-state index >= 15 is 0 Å². The molecular weight excluding hydrogens is 343 g/mol. The molecule has 140 valence electrons. The number of fused-ring (bicyclic) bond motifs is 1. The zero-order chi connectivity index (χ0) is 18.8. The van der Waals surface area contributed by atoms with E-state index < -0.39 is 0 Å². The van der Waals surface area contributed by atoms with E-state index in [1.54, 1.807) is 18.3 Å². The van der Waals surface area contributed by atoms with Gasteiger partial charge in [0.1, 0.15) is 11.9 Å². The Kier molecular flexibility index (Phi) is 4.79. The number of carbonyl (C=O) groups excluding carboxylic acids is 1. The monoisotopic (exact) mass is 366 g/mol. The van der Waals surface area contributed by atoms with Crippen LogP contribution in [0.3, 0.4) is 0 Å². The Hall–Kier alpha value is -2.89. The largest absolute Gasteiger partial charge is 0.366 e. The predicted molar refractivity (Wildman–Crippen MR) is 104 cm³/mol. The molecule has 1 aromatic heterocycles. The molecule has 2 aromatic carbocycles. The Balaban J connectivity index is 1.49. The third-order valence-electron chi connectivity index (χ3n) is 5.26. The maximum absolute atomic E-state index is 14.0. The molecule has 1 unspecified atom stereocenters. The van der Waals surface area contributed by atoms with Crippen molar-refractivity contribution in [2.75, 3.05) is 31.1 Å². The second-order valence-corrected chi connectivity index (χ2v) is 6.84. The first-order valence-electron chi connectivity index (χ1n) is 9.39. The number of piperazine rings is 1. The highest BCUT2D eigenvalue weighted by Crippen LogP contribution is 2.24. The normalized spacial score (nSPS) is 15.9. The van der Waals surface area contributed by atoms with Crippen LogP contribution in [0.2, 0.25) is 0 Å². The van der Waals surface area contributed by atoms with Crippen LogP contribution >= 0.6 is 0 Å². The Bertz CT molecular complexity index is 946. The molecule has 27 heavy (non-hydrogen) atoms. The van der Waals surface area contributed by atoms with Crippen LogP contribution in [0, 0.1) is 5.82 Å². The Labute approximate surface area is 158 Å². The lowest BCUT2D eigenvalue weighted by molar-refractivity contribution is -0.135. The molecule has 1 fully saturated rings. The molecule has 1 saturated heterocycles. The summed E-state index contributed by atoms with van der Waals surface area (Å²) in [5, 5.41) is 5.50. The van der Waals surface area contributed by atoms with E-state index in [0.29, 0.717) is 38.3 Å². The van der Waals surface area contributed by atoms with Crippen LogP contribution < -0.4 is 4.90 Å². The maximum Gasteiger partial charge on any atom is 0.247 e. The molecule has 3 aromatic rings. The van der Waals surface area contributed by atoms with Crippen molar-refractivity contribution >= 4 is 22.5 Å². The molecule has 0 radical (unpaired) electrons. The van der Waals surface area contributed by atoms with Gasteiger partial charge in [-0.15, -0.1) is 0 Å². The van der Waals surface area contributed by atoms with Crippen molar-refractivity contribution in [2.24, 2.45) is 0 Å². The summed E-state index contributed by atoms with van der Waals surface area (Å²) in [6.45, 7) is 4.44. The molecule has 4 rings (SSSR count). The van der Waals surface area contributed by atoms with Gasteiger partial charge in [0.15, 0.2) is 0 Å². The third kappa shape index (κ3) is 3.27. The summed E-state index contributed by atoms with van der Waals surface area (Å²) in [5.41, 5.74) is 1.58. The lowest BCUT2D eigenvalue weighted by Gasteiger charge is -2.37. The number of benzene rings is 2. The van der Waals surface area contributed by atoms with Crippen LogP contribution in [0.15, 0.2) is 54.7 Å². The number of para-hydroxylation sites is 2. The fraction of sp³-hybridized carbons (Fsp3) is 0.333.